The van der Waals surface area contributed by atoms with Crippen LogP contribution in [0.25, 0.3) is 16.3 Å². The van der Waals surface area contributed by atoms with Crippen LogP contribution in [-0.2, 0) is 20.7 Å². The van der Waals surface area contributed by atoms with E-state index in [0.29, 0.717) is 5.13 Å². The molecule has 2 heterocycles. The third kappa shape index (κ3) is 5.38. The zero-order valence-corrected chi connectivity index (χ0v) is 20.1. The molecular formula is C24H28BN3O4S. The Kier molecular flexibility index (Phi) is 6.47. The summed E-state index contributed by atoms with van der Waals surface area (Å²) in [6, 6.07) is 15.5. The number of benzene rings is 2. The molecule has 172 valence electrons. The highest BCUT2D eigenvalue weighted by Crippen LogP contribution is 2.39. The number of nitrogens with two attached hydrogens (primary N) is 1. The average Bonchev–Trinajstić information content (AvgIpc) is 3.24. The number of anilines is 1. The lowest BCUT2D eigenvalue weighted by molar-refractivity contribution is 0.00578. The van der Waals surface area contributed by atoms with Gasteiger partial charge in [0.2, 0.25) is 0 Å². The molecule has 0 bridgehead atoms. The lowest BCUT2D eigenvalue weighted by Crippen LogP contribution is -2.41. The summed E-state index contributed by atoms with van der Waals surface area (Å²) < 4.78 is 18.8. The highest BCUT2D eigenvalue weighted by Gasteiger charge is 2.52. The second kappa shape index (κ2) is 9.17. The molecule has 3 N–H and O–H groups in total. The van der Waals surface area contributed by atoms with E-state index in [0.717, 1.165) is 26.8 Å². The smallest absolute Gasteiger partial charge is 0.445 e. The van der Waals surface area contributed by atoms with Gasteiger partial charge in [0.1, 0.15) is 6.61 Å². The highest BCUT2D eigenvalue weighted by molar-refractivity contribution is 7.22. The van der Waals surface area contributed by atoms with E-state index in [1.807, 2.05) is 82.3 Å². The van der Waals surface area contributed by atoms with Gasteiger partial charge in [-0.1, -0.05) is 53.8 Å². The highest BCUT2D eigenvalue weighted by atomic mass is 32.1. The first-order valence-corrected chi connectivity index (χ1v) is 11.6. The molecule has 7 nitrogen and oxygen atoms in total. The molecule has 4 rings (SSSR count). The number of hydrogen-bond acceptors (Lipinski definition) is 7. The van der Waals surface area contributed by atoms with E-state index in [4.69, 9.17) is 19.8 Å². The summed E-state index contributed by atoms with van der Waals surface area (Å²) >= 11 is 1.43. The Labute approximate surface area is 198 Å². The Bertz CT molecular complexity index is 1160. The fourth-order valence-electron chi connectivity index (χ4n) is 3.41. The van der Waals surface area contributed by atoms with Crippen LogP contribution >= 0.6 is 11.3 Å². The van der Waals surface area contributed by atoms with Crippen molar-refractivity contribution >= 4 is 46.0 Å². The SMILES string of the molecule is CC1(C)OB(C(=Cc2ccc3nc(N)sc3c2)CNC(=O)OCc2ccccc2)OC1(C)C. The Morgan fingerprint density at radius 1 is 1.15 bits per heavy atom. The third-order valence-electron chi connectivity index (χ3n) is 5.99. The summed E-state index contributed by atoms with van der Waals surface area (Å²) in [5.74, 6) is 0. The Hall–Kier alpha value is -2.88. The van der Waals surface area contributed by atoms with E-state index in [1.165, 1.54) is 11.3 Å². The van der Waals surface area contributed by atoms with Gasteiger partial charge < -0.3 is 25.1 Å². The molecule has 0 atom stereocenters. The minimum absolute atomic E-state index is 0.200. The largest absolute Gasteiger partial charge is 0.492 e. The van der Waals surface area contributed by atoms with Crippen molar-refractivity contribution in [2.24, 2.45) is 0 Å². The molecule has 2 aromatic carbocycles. The topological polar surface area (TPSA) is 95.7 Å². The van der Waals surface area contributed by atoms with E-state index in [-0.39, 0.29) is 13.2 Å². The molecule has 1 aliphatic rings. The molecule has 0 spiro atoms. The van der Waals surface area contributed by atoms with E-state index >= 15 is 0 Å². The third-order valence-corrected chi connectivity index (χ3v) is 6.83. The number of carbonyl (C=O) groups excluding carboxylic acids is 1. The van der Waals surface area contributed by atoms with Gasteiger partial charge in [0, 0.05) is 6.54 Å². The maximum absolute atomic E-state index is 12.4. The predicted octanol–water partition coefficient (Wildman–Crippen LogP) is 4.82. The van der Waals surface area contributed by atoms with Crippen LogP contribution in [0.5, 0.6) is 0 Å². The number of nitrogens with one attached hydrogen (secondary N) is 1. The Morgan fingerprint density at radius 3 is 2.55 bits per heavy atom. The Balaban J connectivity index is 1.52. The number of nitrogens with zero attached hydrogens (tertiary/aromatic N) is 1. The fourth-order valence-corrected chi connectivity index (χ4v) is 4.19. The van der Waals surface area contributed by atoms with Gasteiger partial charge in [-0.05, 0) is 56.4 Å². The molecule has 1 aliphatic heterocycles. The van der Waals surface area contributed by atoms with Gasteiger partial charge in [-0.2, -0.15) is 0 Å². The number of amides is 1. The summed E-state index contributed by atoms with van der Waals surface area (Å²) in [7, 11) is -0.605. The summed E-state index contributed by atoms with van der Waals surface area (Å²) in [6.45, 7) is 8.41. The van der Waals surface area contributed by atoms with E-state index in [1.54, 1.807) is 0 Å². The number of rotatable bonds is 6. The van der Waals surface area contributed by atoms with Crippen LogP contribution < -0.4 is 11.1 Å². The first kappa shape index (κ1) is 23.3. The molecular weight excluding hydrogens is 437 g/mol. The van der Waals surface area contributed by atoms with Crippen LogP contribution in [0.2, 0.25) is 0 Å². The monoisotopic (exact) mass is 465 g/mol. The molecule has 33 heavy (non-hydrogen) atoms. The predicted molar refractivity (Wildman–Crippen MR) is 133 cm³/mol. The number of nitrogen functional groups attached to an aromatic ring is 1. The van der Waals surface area contributed by atoms with Gasteiger partial charge in [-0.25, -0.2) is 9.78 Å². The van der Waals surface area contributed by atoms with Gasteiger partial charge in [0.05, 0.1) is 21.4 Å². The van der Waals surface area contributed by atoms with Crippen molar-refractivity contribution in [1.29, 1.82) is 0 Å². The normalized spacial score (nSPS) is 17.3. The van der Waals surface area contributed by atoms with Crippen molar-refractivity contribution in [3.63, 3.8) is 0 Å². The van der Waals surface area contributed by atoms with E-state index in [2.05, 4.69) is 10.3 Å². The standard InChI is InChI=1S/C24H28BN3O4S/c1-23(2)24(3,4)32-25(31-23)18(12-17-10-11-19-20(13-17)33-21(26)28-19)14-27-22(29)30-15-16-8-6-5-7-9-16/h5-13H,14-15H2,1-4H3,(H2,26,28)(H,27,29). The van der Waals surface area contributed by atoms with Crippen molar-refractivity contribution in [3.8, 4) is 0 Å². The maximum Gasteiger partial charge on any atom is 0.492 e. The van der Waals surface area contributed by atoms with Crippen LogP contribution in [0, 0.1) is 0 Å². The summed E-state index contributed by atoms with van der Waals surface area (Å²) in [5.41, 5.74) is 8.34. The van der Waals surface area contributed by atoms with Gasteiger partial charge in [-0.15, -0.1) is 0 Å². The number of ether oxygens (including phenoxy) is 1. The number of carbonyl (C=O) groups is 1. The number of alkyl carbamates (subject to hydrolysis) is 1. The molecule has 3 aromatic rings. The van der Waals surface area contributed by atoms with Crippen molar-refractivity contribution < 1.29 is 18.8 Å². The summed E-state index contributed by atoms with van der Waals surface area (Å²) in [4.78, 5) is 16.7. The molecule has 9 heteroatoms. The van der Waals surface area contributed by atoms with Crippen molar-refractivity contribution in [1.82, 2.24) is 10.3 Å². The molecule has 0 aliphatic carbocycles. The van der Waals surface area contributed by atoms with Crippen LogP contribution in [0.1, 0.15) is 38.8 Å². The van der Waals surface area contributed by atoms with Gasteiger partial charge >= 0.3 is 13.2 Å². The van der Waals surface area contributed by atoms with Crippen LogP contribution in [0.15, 0.2) is 54.0 Å². The first-order chi connectivity index (χ1) is 15.6. The number of aromatic nitrogens is 1. The first-order valence-electron chi connectivity index (χ1n) is 10.8. The molecule has 1 saturated heterocycles. The summed E-state index contributed by atoms with van der Waals surface area (Å²) in [5, 5.41) is 3.35. The second-order valence-electron chi connectivity index (χ2n) is 9.00. The van der Waals surface area contributed by atoms with E-state index < -0.39 is 24.4 Å². The van der Waals surface area contributed by atoms with Crippen molar-refractivity contribution in [3.05, 3.63) is 65.1 Å². The second-order valence-corrected chi connectivity index (χ2v) is 10.1. The lowest BCUT2D eigenvalue weighted by atomic mass is 9.77. The fraction of sp³-hybridized carbons (Fsp3) is 0.333. The van der Waals surface area contributed by atoms with Crippen LogP contribution in [-0.4, -0.2) is 35.9 Å². The minimum atomic E-state index is -0.605. The summed E-state index contributed by atoms with van der Waals surface area (Å²) in [6.07, 6.45) is 1.46. The number of hydrogen-bond donors (Lipinski definition) is 2. The zero-order chi connectivity index (χ0) is 23.6. The van der Waals surface area contributed by atoms with Gasteiger partial charge in [0.25, 0.3) is 0 Å². The number of thiazole rings is 1. The quantitative estimate of drug-likeness (QED) is 0.507. The van der Waals surface area contributed by atoms with E-state index in [9.17, 15) is 4.79 Å². The molecule has 1 amide bonds. The Morgan fingerprint density at radius 2 is 1.85 bits per heavy atom. The van der Waals surface area contributed by atoms with Crippen molar-refractivity contribution in [2.75, 3.05) is 12.3 Å². The lowest BCUT2D eigenvalue weighted by Gasteiger charge is -2.32. The molecule has 1 fully saturated rings. The van der Waals surface area contributed by atoms with Gasteiger partial charge in [0.15, 0.2) is 5.13 Å². The molecule has 1 aromatic heterocycles. The average molecular weight is 465 g/mol. The molecule has 0 unspecified atom stereocenters. The van der Waals surface area contributed by atoms with Crippen LogP contribution in [0.4, 0.5) is 9.93 Å². The van der Waals surface area contributed by atoms with Crippen molar-refractivity contribution in [2.45, 2.75) is 45.5 Å². The van der Waals surface area contributed by atoms with Crippen LogP contribution in [0.3, 0.4) is 0 Å². The molecule has 0 radical (unpaired) electrons. The number of fused-ring (bicyclic) bond motifs is 1. The maximum atomic E-state index is 12.4. The zero-order valence-electron chi connectivity index (χ0n) is 19.3. The van der Waals surface area contributed by atoms with Gasteiger partial charge in [-0.3, -0.25) is 0 Å². The molecule has 0 saturated carbocycles. The minimum Gasteiger partial charge on any atom is -0.445 e.